The molecule has 0 aromatic rings. The van der Waals surface area contributed by atoms with Gasteiger partial charge in [0.05, 0.1) is 0 Å². The van der Waals surface area contributed by atoms with Crippen molar-refractivity contribution >= 4 is 0 Å². The zero-order valence-corrected chi connectivity index (χ0v) is 15.0. The fraction of sp³-hybridized carbons (Fsp3) is 0.867. The Kier molecular flexibility index (Phi) is 18.2. The fourth-order valence-electron chi connectivity index (χ4n) is 2.39. The molecule has 1 aliphatic rings. The van der Waals surface area contributed by atoms with Crippen molar-refractivity contribution in [2.24, 2.45) is 29.6 Å². The molecular formula is C15H34OTi+. The minimum atomic E-state index is -0.167. The summed E-state index contributed by atoms with van der Waals surface area (Å²) in [6.07, 6.45) is -0.167. The topological polar surface area (TPSA) is 20.2 Å². The van der Waals surface area contributed by atoms with Gasteiger partial charge in [0.1, 0.15) is 0 Å². The van der Waals surface area contributed by atoms with Gasteiger partial charge in [-0.25, -0.2) is 0 Å². The van der Waals surface area contributed by atoms with Crippen LogP contribution in [0.15, 0.2) is 0 Å². The van der Waals surface area contributed by atoms with E-state index in [1.807, 2.05) is 0 Å². The van der Waals surface area contributed by atoms with E-state index in [-0.39, 0.29) is 42.7 Å². The molecule has 17 heavy (non-hydrogen) atoms. The zero-order valence-electron chi connectivity index (χ0n) is 13.4. The molecule has 0 aromatic carbocycles. The first-order valence-electron chi connectivity index (χ1n) is 5.97. The van der Waals surface area contributed by atoms with Crippen LogP contribution in [0.2, 0.25) is 0 Å². The molecule has 1 fully saturated rings. The zero-order chi connectivity index (χ0) is 11.5. The first kappa shape index (κ1) is 26.3. The maximum atomic E-state index is 8.06. The van der Waals surface area contributed by atoms with Crippen molar-refractivity contribution in [3.05, 3.63) is 14.9 Å². The first-order valence-corrected chi connectivity index (χ1v) is 5.97. The van der Waals surface area contributed by atoms with Crippen molar-refractivity contribution in [3.8, 4) is 0 Å². The Bertz CT molecular complexity index is 111. The van der Waals surface area contributed by atoms with Gasteiger partial charge in [-0.2, -0.15) is 0 Å². The van der Waals surface area contributed by atoms with Gasteiger partial charge in [-0.15, -0.1) is 0 Å². The number of aliphatic hydroxyl groups excluding tert-OH is 1. The quantitative estimate of drug-likeness (QED) is 0.512. The molecule has 0 amide bonds. The second kappa shape index (κ2) is 11.7. The summed E-state index contributed by atoms with van der Waals surface area (Å²) >= 11 is 0. The second-order valence-corrected chi connectivity index (χ2v) is 5.39. The van der Waals surface area contributed by atoms with Crippen LogP contribution in [-0.2, 0) is 21.7 Å². The Balaban J connectivity index is -0.000000108. The summed E-state index contributed by atoms with van der Waals surface area (Å²) in [4.78, 5) is 0. The molecule has 1 N–H and O–H groups in total. The minimum Gasteiger partial charge on any atom is -0.394 e. The Morgan fingerprint density at radius 1 is 0.647 bits per heavy atom. The van der Waals surface area contributed by atoms with E-state index >= 15 is 0 Å². The van der Waals surface area contributed by atoms with Crippen molar-refractivity contribution < 1.29 is 26.8 Å². The molecule has 1 radical (unpaired) electrons. The monoisotopic (exact) mass is 278 g/mol. The van der Waals surface area contributed by atoms with Crippen molar-refractivity contribution in [1.29, 1.82) is 0 Å². The second-order valence-electron chi connectivity index (χ2n) is 5.39. The standard InChI is InChI=1S/C10H20.C3H8O.2CH3.Ti/c1-6-7(2)9(4)10(5)8(6)3;1-3(2)4;;;/h6-10H,1-5H3;3-4H,1-2H3;2*1H3;/q;;2*-1;+3. The molecule has 1 rings (SSSR count). The third-order valence-electron chi connectivity index (χ3n) is 4.15. The molecule has 0 aromatic heterocycles. The molecule has 103 valence electrons. The van der Waals surface area contributed by atoms with Crippen LogP contribution < -0.4 is 0 Å². The molecule has 0 bridgehead atoms. The smallest absolute Gasteiger partial charge is 0.394 e. The van der Waals surface area contributed by atoms with Crippen molar-refractivity contribution in [2.75, 3.05) is 0 Å². The molecule has 0 aliphatic heterocycles. The Morgan fingerprint density at radius 2 is 0.706 bits per heavy atom. The van der Waals surface area contributed by atoms with Gasteiger partial charge in [-0.05, 0) is 43.4 Å². The Hall–Kier alpha value is 0.674. The maximum absolute atomic E-state index is 8.06. The van der Waals surface area contributed by atoms with Crippen molar-refractivity contribution in [1.82, 2.24) is 0 Å². The third-order valence-corrected chi connectivity index (χ3v) is 4.15. The maximum Gasteiger partial charge on any atom is 3.00 e. The molecule has 0 saturated heterocycles. The molecule has 0 atom stereocenters. The van der Waals surface area contributed by atoms with Crippen LogP contribution in [0.3, 0.4) is 0 Å². The van der Waals surface area contributed by atoms with E-state index < -0.39 is 0 Å². The van der Waals surface area contributed by atoms with Crippen LogP contribution in [0.4, 0.5) is 0 Å². The molecule has 0 heterocycles. The summed E-state index contributed by atoms with van der Waals surface area (Å²) in [5.41, 5.74) is 0. The van der Waals surface area contributed by atoms with E-state index in [0.29, 0.717) is 0 Å². The van der Waals surface area contributed by atoms with Crippen LogP contribution in [0.5, 0.6) is 0 Å². The molecule has 1 aliphatic carbocycles. The van der Waals surface area contributed by atoms with Crippen molar-refractivity contribution in [2.45, 2.75) is 54.6 Å². The van der Waals surface area contributed by atoms with E-state index in [2.05, 4.69) is 34.6 Å². The largest absolute Gasteiger partial charge is 3.00 e. The number of hydrogen-bond acceptors (Lipinski definition) is 1. The number of aliphatic hydroxyl groups is 1. The predicted octanol–water partition coefficient (Wildman–Crippen LogP) is 4.47. The van der Waals surface area contributed by atoms with Crippen LogP contribution in [0.25, 0.3) is 0 Å². The van der Waals surface area contributed by atoms with Gasteiger partial charge >= 0.3 is 21.7 Å². The SMILES string of the molecule is CC(C)O.CC1C(C)C(C)C(C)C1C.[CH3-].[CH3-].[Ti+3]. The van der Waals surface area contributed by atoms with E-state index in [1.165, 1.54) is 0 Å². The minimum absolute atomic E-state index is 0. The van der Waals surface area contributed by atoms with E-state index in [4.69, 9.17) is 5.11 Å². The van der Waals surface area contributed by atoms with E-state index in [0.717, 1.165) is 29.6 Å². The number of hydrogen-bond donors (Lipinski definition) is 1. The normalized spacial score (nSPS) is 34.8. The fourth-order valence-corrected chi connectivity index (χ4v) is 2.39. The molecule has 0 unspecified atom stereocenters. The van der Waals surface area contributed by atoms with Gasteiger partial charge in [0.25, 0.3) is 0 Å². The average molecular weight is 278 g/mol. The van der Waals surface area contributed by atoms with E-state index in [1.54, 1.807) is 13.8 Å². The van der Waals surface area contributed by atoms with Crippen LogP contribution in [0, 0.1) is 44.4 Å². The van der Waals surface area contributed by atoms with Gasteiger partial charge in [0, 0.05) is 6.10 Å². The summed E-state index contributed by atoms with van der Waals surface area (Å²) in [6, 6.07) is 0. The van der Waals surface area contributed by atoms with Crippen molar-refractivity contribution in [3.63, 3.8) is 0 Å². The molecular weight excluding hydrogens is 244 g/mol. The molecule has 1 nitrogen and oxygen atoms in total. The van der Waals surface area contributed by atoms with E-state index in [9.17, 15) is 0 Å². The van der Waals surface area contributed by atoms with Gasteiger partial charge in [-0.1, -0.05) is 34.6 Å². The summed E-state index contributed by atoms with van der Waals surface area (Å²) in [7, 11) is 0. The predicted molar refractivity (Wildman–Crippen MR) is 76.0 cm³/mol. The third kappa shape index (κ3) is 8.40. The summed E-state index contributed by atoms with van der Waals surface area (Å²) in [5.74, 6) is 4.68. The number of rotatable bonds is 0. The summed E-state index contributed by atoms with van der Waals surface area (Å²) < 4.78 is 0. The van der Waals surface area contributed by atoms with Crippen LogP contribution in [0.1, 0.15) is 48.5 Å². The summed E-state index contributed by atoms with van der Waals surface area (Å²) in [5, 5.41) is 8.06. The average Bonchev–Trinajstić information content (AvgIpc) is 2.23. The molecule has 0 spiro atoms. The van der Waals surface area contributed by atoms with Gasteiger partial charge in [0.2, 0.25) is 0 Å². The molecule has 1 saturated carbocycles. The Morgan fingerprint density at radius 3 is 0.765 bits per heavy atom. The summed E-state index contributed by atoms with van der Waals surface area (Å²) in [6.45, 7) is 15.4. The Labute approximate surface area is 126 Å². The van der Waals surface area contributed by atoms with Crippen LogP contribution >= 0.6 is 0 Å². The van der Waals surface area contributed by atoms with Gasteiger partial charge in [0.15, 0.2) is 0 Å². The molecule has 2 heteroatoms. The van der Waals surface area contributed by atoms with Gasteiger partial charge < -0.3 is 20.0 Å². The van der Waals surface area contributed by atoms with Crippen LogP contribution in [-0.4, -0.2) is 11.2 Å². The first-order chi connectivity index (χ1) is 6.29. The van der Waals surface area contributed by atoms with Gasteiger partial charge in [-0.3, -0.25) is 0 Å².